The summed E-state index contributed by atoms with van der Waals surface area (Å²) in [5.41, 5.74) is 2.66. The topological polar surface area (TPSA) is 47.6 Å². The second-order valence-corrected chi connectivity index (χ2v) is 4.71. The molecular weight excluding hydrogens is 266 g/mol. The van der Waals surface area contributed by atoms with Gasteiger partial charge in [-0.25, -0.2) is 0 Å². The van der Waals surface area contributed by atoms with E-state index in [-0.39, 0.29) is 12.3 Å². The van der Waals surface area contributed by atoms with Crippen LogP contribution in [0.5, 0.6) is 5.75 Å². The highest BCUT2D eigenvalue weighted by Crippen LogP contribution is 2.31. The Morgan fingerprint density at radius 2 is 2.05 bits per heavy atom. The van der Waals surface area contributed by atoms with Crippen LogP contribution in [0, 0.1) is 13.8 Å². The Kier molecular flexibility index (Phi) is 6.12. The minimum atomic E-state index is -0.0710. The van der Waals surface area contributed by atoms with E-state index < -0.39 is 0 Å². The average Bonchev–Trinajstić information content (AvgIpc) is 2.39. The number of nitrogens with one attached hydrogen (secondary N) is 1. The van der Waals surface area contributed by atoms with Gasteiger partial charge in [-0.1, -0.05) is 11.6 Å². The highest BCUT2D eigenvalue weighted by Gasteiger charge is 2.15. The molecule has 0 heterocycles. The molecule has 1 aromatic rings. The number of benzene rings is 1. The molecule has 0 aliphatic rings. The van der Waals surface area contributed by atoms with E-state index >= 15 is 0 Å². The Morgan fingerprint density at radius 3 is 2.63 bits per heavy atom. The molecule has 19 heavy (non-hydrogen) atoms. The molecule has 0 saturated carbocycles. The third-order valence-electron chi connectivity index (χ3n) is 2.96. The van der Waals surface area contributed by atoms with E-state index in [0.717, 1.165) is 16.7 Å². The van der Waals surface area contributed by atoms with Crippen LogP contribution in [0.3, 0.4) is 0 Å². The molecule has 5 heteroatoms. The largest absolute Gasteiger partial charge is 0.496 e. The molecule has 0 bridgehead atoms. The number of aryl methyl sites for hydroxylation is 1. The van der Waals surface area contributed by atoms with Crippen molar-refractivity contribution in [3.05, 3.63) is 27.8 Å². The predicted octanol–water partition coefficient (Wildman–Crippen LogP) is 2.27. The van der Waals surface area contributed by atoms with E-state index in [1.165, 1.54) is 0 Å². The maximum absolute atomic E-state index is 11.8. The molecule has 0 aromatic heterocycles. The van der Waals surface area contributed by atoms with E-state index in [1.807, 2.05) is 19.9 Å². The van der Waals surface area contributed by atoms with Crippen molar-refractivity contribution in [3.8, 4) is 5.75 Å². The summed E-state index contributed by atoms with van der Waals surface area (Å²) in [4.78, 5) is 11.8. The van der Waals surface area contributed by atoms with Crippen LogP contribution in [0.25, 0.3) is 0 Å². The molecular formula is C14H20ClNO3. The maximum Gasteiger partial charge on any atom is 0.224 e. The lowest BCUT2D eigenvalue weighted by molar-refractivity contribution is -0.120. The van der Waals surface area contributed by atoms with Gasteiger partial charge in [0.1, 0.15) is 5.75 Å². The first kappa shape index (κ1) is 15.8. The zero-order chi connectivity index (χ0) is 14.4. The number of methoxy groups -OCH3 is 2. The average molecular weight is 286 g/mol. The first-order valence-electron chi connectivity index (χ1n) is 6.09. The summed E-state index contributed by atoms with van der Waals surface area (Å²) < 4.78 is 10.2. The van der Waals surface area contributed by atoms with Gasteiger partial charge in [-0.3, -0.25) is 4.79 Å². The van der Waals surface area contributed by atoms with Gasteiger partial charge in [-0.15, -0.1) is 0 Å². The molecule has 0 aliphatic carbocycles. The summed E-state index contributed by atoms with van der Waals surface area (Å²) >= 11 is 6.21. The van der Waals surface area contributed by atoms with Crippen LogP contribution in [0.15, 0.2) is 6.07 Å². The first-order chi connectivity index (χ1) is 9.01. The van der Waals surface area contributed by atoms with Crippen LogP contribution in [0.4, 0.5) is 0 Å². The minimum absolute atomic E-state index is 0.0710. The maximum atomic E-state index is 11.8. The lowest BCUT2D eigenvalue weighted by Gasteiger charge is -2.15. The highest BCUT2D eigenvalue weighted by molar-refractivity contribution is 6.32. The Labute approximate surface area is 119 Å². The predicted molar refractivity (Wildman–Crippen MR) is 76.1 cm³/mol. The van der Waals surface area contributed by atoms with Crippen LogP contribution in [0.1, 0.15) is 16.7 Å². The molecule has 1 aromatic carbocycles. The number of ether oxygens (including phenoxy) is 2. The monoisotopic (exact) mass is 285 g/mol. The van der Waals surface area contributed by atoms with Crippen LogP contribution >= 0.6 is 11.6 Å². The van der Waals surface area contributed by atoms with Gasteiger partial charge in [0, 0.05) is 24.2 Å². The summed E-state index contributed by atoms with van der Waals surface area (Å²) in [6.45, 7) is 4.81. The Bertz CT molecular complexity index is 460. The lowest BCUT2D eigenvalue weighted by atomic mass is 10.0. The number of carbonyl (C=O) groups is 1. The minimum Gasteiger partial charge on any atom is -0.496 e. The fourth-order valence-corrected chi connectivity index (χ4v) is 2.05. The van der Waals surface area contributed by atoms with Crippen molar-refractivity contribution >= 4 is 17.5 Å². The fourth-order valence-electron chi connectivity index (χ4n) is 1.88. The molecule has 1 amide bonds. The smallest absolute Gasteiger partial charge is 0.224 e. The quantitative estimate of drug-likeness (QED) is 0.816. The second kappa shape index (κ2) is 7.36. The summed E-state index contributed by atoms with van der Waals surface area (Å²) in [5.74, 6) is 0.625. The van der Waals surface area contributed by atoms with E-state index in [0.29, 0.717) is 23.9 Å². The third kappa shape index (κ3) is 4.11. The van der Waals surface area contributed by atoms with Crippen molar-refractivity contribution in [3.63, 3.8) is 0 Å². The second-order valence-electron chi connectivity index (χ2n) is 4.33. The van der Waals surface area contributed by atoms with Crippen molar-refractivity contribution < 1.29 is 14.3 Å². The summed E-state index contributed by atoms with van der Waals surface area (Å²) in [5, 5.41) is 3.46. The van der Waals surface area contributed by atoms with Crippen molar-refractivity contribution in [1.82, 2.24) is 5.32 Å². The molecule has 1 N–H and O–H groups in total. The molecule has 0 saturated heterocycles. The molecule has 0 spiro atoms. The lowest BCUT2D eigenvalue weighted by Crippen LogP contribution is -2.28. The zero-order valence-corrected chi connectivity index (χ0v) is 12.6. The zero-order valence-electron chi connectivity index (χ0n) is 11.8. The molecule has 106 valence electrons. The van der Waals surface area contributed by atoms with Gasteiger partial charge in [0.2, 0.25) is 5.91 Å². The van der Waals surface area contributed by atoms with Crippen molar-refractivity contribution in [2.24, 2.45) is 0 Å². The number of hydrogen-bond acceptors (Lipinski definition) is 3. The van der Waals surface area contributed by atoms with Crippen LogP contribution < -0.4 is 10.1 Å². The van der Waals surface area contributed by atoms with Crippen LogP contribution in [0.2, 0.25) is 5.02 Å². The summed E-state index contributed by atoms with van der Waals surface area (Å²) in [7, 11) is 3.19. The summed E-state index contributed by atoms with van der Waals surface area (Å²) in [6.07, 6.45) is 0.249. The number of amides is 1. The van der Waals surface area contributed by atoms with Gasteiger partial charge in [0.05, 0.1) is 20.1 Å². The standard InChI is InChI=1S/C14H20ClNO3/c1-9-7-12(19-4)11(10(2)14(9)15)8-13(17)16-5-6-18-3/h7H,5-6,8H2,1-4H3,(H,16,17). The summed E-state index contributed by atoms with van der Waals surface area (Å²) in [6, 6.07) is 1.85. The normalized spacial score (nSPS) is 10.4. The van der Waals surface area contributed by atoms with Gasteiger partial charge < -0.3 is 14.8 Å². The van der Waals surface area contributed by atoms with Crippen LogP contribution in [-0.2, 0) is 16.0 Å². The Balaban J connectivity index is 2.88. The Morgan fingerprint density at radius 1 is 1.37 bits per heavy atom. The van der Waals surface area contributed by atoms with E-state index in [4.69, 9.17) is 21.1 Å². The van der Waals surface area contributed by atoms with E-state index in [9.17, 15) is 4.79 Å². The number of rotatable bonds is 6. The molecule has 0 fully saturated rings. The first-order valence-corrected chi connectivity index (χ1v) is 6.47. The molecule has 0 aliphatic heterocycles. The van der Waals surface area contributed by atoms with Gasteiger partial charge >= 0.3 is 0 Å². The SMILES string of the molecule is COCCNC(=O)Cc1c(OC)cc(C)c(Cl)c1C. The van der Waals surface area contributed by atoms with Crippen molar-refractivity contribution in [2.75, 3.05) is 27.4 Å². The number of hydrogen-bond donors (Lipinski definition) is 1. The van der Waals surface area contributed by atoms with Crippen molar-refractivity contribution in [2.45, 2.75) is 20.3 Å². The molecule has 0 atom stereocenters. The molecule has 0 radical (unpaired) electrons. The molecule has 0 unspecified atom stereocenters. The highest BCUT2D eigenvalue weighted by atomic mass is 35.5. The van der Waals surface area contributed by atoms with Gasteiger partial charge in [0.25, 0.3) is 0 Å². The van der Waals surface area contributed by atoms with E-state index in [2.05, 4.69) is 5.32 Å². The number of halogens is 1. The van der Waals surface area contributed by atoms with Crippen molar-refractivity contribution in [1.29, 1.82) is 0 Å². The fraction of sp³-hybridized carbons (Fsp3) is 0.500. The third-order valence-corrected chi connectivity index (χ3v) is 3.54. The van der Waals surface area contributed by atoms with Gasteiger partial charge in [-0.05, 0) is 31.0 Å². The molecule has 1 rings (SSSR count). The van der Waals surface area contributed by atoms with Gasteiger partial charge in [0.15, 0.2) is 0 Å². The number of carbonyl (C=O) groups excluding carboxylic acids is 1. The van der Waals surface area contributed by atoms with Crippen LogP contribution in [-0.4, -0.2) is 33.3 Å². The van der Waals surface area contributed by atoms with E-state index in [1.54, 1.807) is 14.2 Å². The Hall–Kier alpha value is -1.26. The van der Waals surface area contributed by atoms with Gasteiger partial charge in [-0.2, -0.15) is 0 Å². The molecule has 4 nitrogen and oxygen atoms in total.